The molecule has 34 heteroatoms. The number of aliphatic hydroxyl groups is 1. The first-order chi connectivity index (χ1) is 51.7. The van der Waals surface area contributed by atoms with E-state index in [0.29, 0.717) is 40.1 Å². The van der Waals surface area contributed by atoms with Gasteiger partial charge in [-0.05, 0) is 271 Å². The molecule has 18 rings (SSSR count). The summed E-state index contributed by atoms with van der Waals surface area (Å²) in [4.78, 5) is 52.2. The molecule has 6 aromatic carbocycles. The summed E-state index contributed by atoms with van der Waals surface area (Å²) < 4.78 is 175. The number of thiol groups is 2. The monoisotopic (exact) mass is 1820 g/mol. The van der Waals surface area contributed by atoms with Crippen LogP contribution in [0.15, 0.2) is 209 Å². The van der Waals surface area contributed by atoms with Crippen molar-refractivity contribution in [1.82, 2.24) is 0 Å². The molecule has 0 spiro atoms. The minimum atomic E-state index is -6.22. The van der Waals surface area contributed by atoms with Crippen molar-refractivity contribution >= 4 is 91.3 Å². The van der Waals surface area contributed by atoms with Gasteiger partial charge in [-0.1, -0.05) is 76.7 Å². The van der Waals surface area contributed by atoms with Crippen LogP contribution >= 0.6 is 25.3 Å². The molecular formula is C81H95BrF9Na3O15S6+2. The molecule has 6 aromatic rings. The van der Waals surface area contributed by atoms with Crippen LogP contribution in [-0.2, 0) is 80.3 Å². The number of benzene rings is 6. The number of ether oxygens (including phenoxy) is 4. The molecule has 0 radical (unpaired) electrons. The molecule has 12 bridgehead atoms. The zero-order chi connectivity index (χ0) is 80.3. The van der Waals surface area contributed by atoms with Crippen LogP contribution in [-0.4, -0.2) is 112 Å². The number of methoxy groups -OCH3 is 2. The molecule has 12 fully saturated rings. The maximum Gasteiger partial charge on any atom is 1.00 e. The smallest absolute Gasteiger partial charge is 1.00 e. The van der Waals surface area contributed by atoms with E-state index in [9.17, 15) is 84.7 Å². The Labute approximate surface area is 762 Å². The Bertz CT molecular complexity index is 3850. The second-order valence-corrected chi connectivity index (χ2v) is 39.0. The number of hydrogen-bond acceptors (Lipinski definition) is 17. The molecule has 0 amide bonds. The van der Waals surface area contributed by atoms with Crippen LogP contribution in [0.4, 0.5) is 39.0 Å². The van der Waals surface area contributed by atoms with Gasteiger partial charge in [0.05, 0.1) is 49.2 Å². The largest absolute Gasteiger partial charge is 1.00 e. The number of halogens is 10. The van der Waals surface area contributed by atoms with Gasteiger partial charge >= 0.3 is 145 Å². The van der Waals surface area contributed by atoms with Crippen molar-refractivity contribution in [2.24, 2.45) is 69.5 Å². The number of rotatable bonds is 17. The summed E-state index contributed by atoms with van der Waals surface area (Å²) in [5.41, 5.74) is 0.445. The van der Waals surface area contributed by atoms with Crippen molar-refractivity contribution in [3.05, 3.63) is 170 Å². The summed E-state index contributed by atoms with van der Waals surface area (Å²) >= 11 is 8.76. The van der Waals surface area contributed by atoms with Crippen molar-refractivity contribution < 1.29 is 215 Å². The van der Waals surface area contributed by atoms with Crippen LogP contribution in [0, 0.1) is 69.5 Å². The van der Waals surface area contributed by atoms with E-state index in [0.717, 1.165) is 102 Å². The Morgan fingerprint density at radius 3 is 0.791 bits per heavy atom. The van der Waals surface area contributed by atoms with Crippen LogP contribution in [0.2, 0.25) is 0 Å². The summed E-state index contributed by atoms with van der Waals surface area (Å²) in [5, 5.41) is -0.676. The molecular weight excluding hydrogens is 1730 g/mol. The van der Waals surface area contributed by atoms with Gasteiger partial charge in [-0.25, -0.2) is 27.6 Å². The van der Waals surface area contributed by atoms with Crippen LogP contribution in [0.5, 0.6) is 0 Å². The molecule has 15 nitrogen and oxygen atoms in total. The summed E-state index contributed by atoms with van der Waals surface area (Å²) in [7, 11) is -11.2. The standard InChI is InChI=1S/2C18H14S2.2C14H20F2O2.C11H18O.C3H3F3O4S.C3H4F2O5S.BrH.3Na.H2O/c2*19-15-11-13-18(14-12-15)20(16-7-3-1-4-8-16)17-9-5-2-6-10-17;2*1-13(15,16)12(17)18-8-14-5-9-2-10(6-14)4-11(3-9)7-14;12-7-11-4-8-1-9(5-11)3-10(2-8)6-11;1-10-2(7)3(4,5)11(6,8)9;1-10-2(6)3(4,5)11(7,8)9;;;;;/h2*1-14H;2*9-11H,2-8H2,1H3;8-10,12H,1-7H2;1H3;1H3,(H,7,8,9);1H;;;;1H2/q;;;;;;;;3*+1;/p-1. The van der Waals surface area contributed by atoms with Gasteiger partial charge in [-0.2, -0.15) is 43.5 Å². The first kappa shape index (κ1) is 105. The Kier molecular flexibility index (Phi) is 41.0. The number of carbonyl (C=O) groups excluding carboxylic acids is 4. The molecule has 0 unspecified atom stereocenters. The van der Waals surface area contributed by atoms with E-state index in [2.05, 4.69) is 205 Å². The van der Waals surface area contributed by atoms with E-state index in [1.54, 1.807) is 0 Å². The molecule has 0 heterocycles. The van der Waals surface area contributed by atoms with Crippen molar-refractivity contribution in [2.75, 3.05) is 34.0 Å². The number of esters is 4. The number of carbonyl (C=O) groups is 4. The Morgan fingerprint density at radius 2 is 0.617 bits per heavy atom. The van der Waals surface area contributed by atoms with Crippen LogP contribution in [0.3, 0.4) is 0 Å². The minimum absolute atomic E-state index is 0. The van der Waals surface area contributed by atoms with Crippen molar-refractivity contribution in [1.29, 1.82) is 0 Å². The van der Waals surface area contributed by atoms with Crippen molar-refractivity contribution in [2.45, 2.75) is 191 Å². The topological polar surface area (TPSA) is 247 Å². The fourth-order valence-electron chi connectivity index (χ4n) is 18.8. The molecule has 12 aliphatic carbocycles. The Hall–Kier alpha value is -2.77. The number of alkyl halides is 8. The van der Waals surface area contributed by atoms with Gasteiger partial charge in [0.15, 0.2) is 39.5 Å². The van der Waals surface area contributed by atoms with Gasteiger partial charge < -0.3 is 51.1 Å². The maximum absolute atomic E-state index is 12.8. The number of hydrogen-bond donors (Lipinski definition) is 3. The van der Waals surface area contributed by atoms with E-state index in [1.807, 2.05) is 0 Å². The van der Waals surface area contributed by atoms with Gasteiger partial charge in [-0.3, -0.25) is 0 Å². The molecule has 12 saturated carbocycles. The average Bonchev–Trinajstić information content (AvgIpc) is 0.739. The third kappa shape index (κ3) is 28.6. The van der Waals surface area contributed by atoms with Crippen molar-refractivity contribution in [3.8, 4) is 0 Å². The summed E-state index contributed by atoms with van der Waals surface area (Å²) in [6.07, 6.45) is 22.7. The van der Waals surface area contributed by atoms with E-state index in [1.165, 1.54) is 106 Å². The fourth-order valence-corrected chi connectivity index (χ4v) is 23.8. The van der Waals surface area contributed by atoms with E-state index in [-0.39, 0.29) is 157 Å². The predicted octanol–water partition coefficient (Wildman–Crippen LogP) is 6.33. The van der Waals surface area contributed by atoms with Crippen LogP contribution in [0.1, 0.15) is 129 Å². The first-order valence-electron chi connectivity index (χ1n) is 36.5. The quantitative estimate of drug-likeness (QED) is 0.0132. The van der Waals surface area contributed by atoms with Gasteiger partial charge in [0.2, 0.25) is 0 Å². The molecule has 2 N–H and O–H groups in total. The van der Waals surface area contributed by atoms with E-state index < -0.39 is 66.6 Å². The van der Waals surface area contributed by atoms with Crippen LogP contribution in [0.25, 0.3) is 0 Å². The van der Waals surface area contributed by atoms with Gasteiger partial charge in [0, 0.05) is 41.1 Å². The number of aliphatic hydroxyl groups excluding tert-OH is 1. The molecule has 0 atom stereocenters. The summed E-state index contributed by atoms with van der Waals surface area (Å²) in [5.74, 6) is -6.82. The van der Waals surface area contributed by atoms with Crippen LogP contribution < -0.4 is 106 Å². The molecule has 12 aliphatic rings. The van der Waals surface area contributed by atoms with E-state index in [4.69, 9.17) is 9.47 Å². The third-order valence-electron chi connectivity index (χ3n) is 22.1. The third-order valence-corrected chi connectivity index (χ3v) is 28.7. The van der Waals surface area contributed by atoms with Gasteiger partial charge in [-0.15, -0.1) is 25.3 Å². The molecule has 0 saturated heterocycles. The average molecular weight is 1820 g/mol. The molecule has 0 aliphatic heterocycles. The predicted molar refractivity (Wildman–Crippen MR) is 405 cm³/mol. The van der Waals surface area contributed by atoms with Gasteiger partial charge in [0.25, 0.3) is 0 Å². The molecule has 0 aromatic heterocycles. The summed E-state index contributed by atoms with van der Waals surface area (Å²) in [6, 6.07) is 59.6. The zero-order valence-corrected chi connectivity index (χ0v) is 77.9. The molecule has 115 heavy (non-hydrogen) atoms. The second-order valence-electron chi connectivity index (χ2n) is 31.1. The SMILES string of the molecule is CC(F)(F)C(=O)OCC12CC3CC(CC(C3)C1)C2.CC(F)(F)C(=O)OCC12CC3CC(CC(C3)C1)C2.COC(=O)C(F)(F)S(=O)(=O)F.COC(=O)C(F)(F)S(=O)(=O)[O-].OCC12CC3CC(CC(C3)C1)C2.Sc1ccc([S+](c2ccccc2)c2ccccc2)cc1.Sc1ccc([S+](c2ccccc2)c2ccccc2)cc1.[Br-].[Na+].[Na+].[Na+].[OH-]. The fraction of sp³-hybridized carbons (Fsp3) is 0.506. The van der Waals surface area contributed by atoms with Crippen molar-refractivity contribution in [3.63, 3.8) is 0 Å². The normalized spacial score (nSPS) is 25.2. The van der Waals surface area contributed by atoms with E-state index >= 15 is 0 Å². The first-order valence-corrected chi connectivity index (χ1v) is 42.6. The Balaban J connectivity index is 0.000000284. The minimum Gasteiger partial charge on any atom is -1.00 e. The Morgan fingerprint density at radius 1 is 0.409 bits per heavy atom. The summed E-state index contributed by atoms with van der Waals surface area (Å²) in [6.45, 7) is 2.10. The zero-order valence-electron chi connectivity index (χ0n) is 65.2. The maximum atomic E-state index is 12.8. The molecule has 616 valence electrons. The second kappa shape index (κ2) is 45.0. The van der Waals surface area contributed by atoms with Gasteiger partial charge in [0.1, 0.15) is 0 Å².